The maximum absolute atomic E-state index is 12.5. The highest BCUT2D eigenvalue weighted by molar-refractivity contribution is 9.10. The Morgan fingerprint density at radius 3 is 2.30 bits per heavy atom. The number of nitrogens with one attached hydrogen (secondary N) is 1. The fraction of sp³-hybridized carbons (Fsp3) is 0.174. The van der Waals surface area contributed by atoms with Gasteiger partial charge in [0.1, 0.15) is 5.75 Å². The van der Waals surface area contributed by atoms with E-state index in [1.165, 1.54) is 5.56 Å². The summed E-state index contributed by atoms with van der Waals surface area (Å²) in [6.07, 6.45) is 0. The largest absolute Gasteiger partial charge is 0.484 e. The molecule has 0 saturated heterocycles. The molecule has 3 nitrogen and oxygen atoms in total. The van der Waals surface area contributed by atoms with E-state index < -0.39 is 0 Å². The van der Waals surface area contributed by atoms with Gasteiger partial charge in [-0.15, -0.1) is 0 Å². The second kappa shape index (κ2) is 8.87. The first kappa shape index (κ1) is 19.2. The lowest BCUT2D eigenvalue weighted by atomic mass is 9.98. The van der Waals surface area contributed by atoms with Crippen LogP contribution < -0.4 is 10.1 Å². The first-order valence-electron chi connectivity index (χ1n) is 8.83. The van der Waals surface area contributed by atoms with Crippen molar-refractivity contribution in [3.8, 4) is 5.75 Å². The summed E-state index contributed by atoms with van der Waals surface area (Å²) < 4.78 is 6.68. The Balaban J connectivity index is 1.72. The predicted octanol–water partition coefficient (Wildman–Crippen LogP) is 5.35. The van der Waals surface area contributed by atoms with Crippen LogP contribution in [0.3, 0.4) is 0 Å². The number of hydrogen-bond donors (Lipinski definition) is 1. The molecule has 1 N–H and O–H groups in total. The van der Waals surface area contributed by atoms with Crippen molar-refractivity contribution in [3.05, 3.63) is 99.5 Å². The number of carbonyl (C=O) groups is 1. The van der Waals surface area contributed by atoms with Gasteiger partial charge in [0.2, 0.25) is 0 Å². The van der Waals surface area contributed by atoms with E-state index >= 15 is 0 Å². The van der Waals surface area contributed by atoms with Crippen molar-refractivity contribution < 1.29 is 9.53 Å². The van der Waals surface area contributed by atoms with E-state index in [9.17, 15) is 4.79 Å². The number of hydrogen-bond acceptors (Lipinski definition) is 2. The maximum Gasteiger partial charge on any atom is 0.258 e. The molecule has 1 atom stereocenters. The highest BCUT2D eigenvalue weighted by Gasteiger charge is 2.17. The molecular weight excluding hydrogens is 402 g/mol. The van der Waals surface area contributed by atoms with E-state index in [0.29, 0.717) is 5.75 Å². The minimum absolute atomic E-state index is 0.0315. The van der Waals surface area contributed by atoms with Gasteiger partial charge in [-0.05, 0) is 48.7 Å². The fourth-order valence-corrected chi connectivity index (χ4v) is 3.07. The molecule has 0 heterocycles. The number of rotatable bonds is 6. The Bertz CT molecular complexity index is 907. The van der Waals surface area contributed by atoms with Gasteiger partial charge in [-0.25, -0.2) is 0 Å². The third-order valence-corrected chi connectivity index (χ3v) is 5.24. The summed E-state index contributed by atoms with van der Waals surface area (Å²) in [5.41, 5.74) is 4.33. The lowest BCUT2D eigenvalue weighted by Crippen LogP contribution is -2.33. The third-order valence-electron chi connectivity index (χ3n) is 4.35. The van der Waals surface area contributed by atoms with E-state index in [4.69, 9.17) is 4.74 Å². The van der Waals surface area contributed by atoms with Crippen LogP contribution in [0.4, 0.5) is 0 Å². The van der Waals surface area contributed by atoms with Crippen molar-refractivity contribution in [3.63, 3.8) is 0 Å². The third kappa shape index (κ3) is 5.20. The second-order valence-electron chi connectivity index (χ2n) is 6.52. The Labute approximate surface area is 168 Å². The van der Waals surface area contributed by atoms with Gasteiger partial charge in [0.25, 0.3) is 5.91 Å². The number of carbonyl (C=O) groups excluding carboxylic acids is 1. The van der Waals surface area contributed by atoms with Gasteiger partial charge in [0.15, 0.2) is 6.61 Å². The van der Waals surface area contributed by atoms with E-state index in [1.54, 1.807) is 0 Å². The summed E-state index contributed by atoms with van der Waals surface area (Å²) in [6, 6.07) is 23.6. The molecule has 0 radical (unpaired) electrons. The average molecular weight is 424 g/mol. The molecular formula is C23H22BrNO2. The topological polar surface area (TPSA) is 38.3 Å². The number of halogens is 1. The molecule has 0 fully saturated rings. The summed E-state index contributed by atoms with van der Waals surface area (Å²) in [4.78, 5) is 12.5. The molecule has 0 aliphatic rings. The summed E-state index contributed by atoms with van der Waals surface area (Å²) in [7, 11) is 0. The van der Waals surface area contributed by atoms with Gasteiger partial charge >= 0.3 is 0 Å². The van der Waals surface area contributed by atoms with E-state index in [0.717, 1.165) is 21.2 Å². The first-order chi connectivity index (χ1) is 13.0. The fourth-order valence-electron chi connectivity index (χ4n) is 2.82. The molecule has 3 aromatic rings. The Kier molecular flexibility index (Phi) is 6.30. The Morgan fingerprint density at radius 2 is 1.63 bits per heavy atom. The molecule has 0 saturated carbocycles. The number of ether oxygens (including phenoxy) is 1. The van der Waals surface area contributed by atoms with Crippen LogP contribution in [0.25, 0.3) is 0 Å². The highest BCUT2D eigenvalue weighted by Crippen LogP contribution is 2.23. The normalized spacial score (nSPS) is 11.7. The molecule has 0 aromatic heterocycles. The quantitative estimate of drug-likeness (QED) is 0.579. The SMILES string of the molecule is Cc1ccc([C@H](NC(=O)COc2ccc(Br)c(C)c2)c2ccccc2)cc1. The maximum atomic E-state index is 12.5. The first-order valence-corrected chi connectivity index (χ1v) is 9.62. The predicted molar refractivity (Wildman–Crippen MR) is 112 cm³/mol. The van der Waals surface area contributed by atoms with Crippen LogP contribution in [0.1, 0.15) is 28.3 Å². The van der Waals surface area contributed by atoms with Crippen molar-refractivity contribution in [2.45, 2.75) is 19.9 Å². The number of benzene rings is 3. The minimum Gasteiger partial charge on any atom is -0.484 e. The van der Waals surface area contributed by atoms with Crippen molar-refractivity contribution in [1.29, 1.82) is 0 Å². The van der Waals surface area contributed by atoms with Crippen molar-refractivity contribution in [2.75, 3.05) is 6.61 Å². The lowest BCUT2D eigenvalue weighted by molar-refractivity contribution is -0.123. The van der Waals surface area contributed by atoms with E-state index in [2.05, 4.69) is 33.4 Å². The molecule has 3 rings (SSSR count). The van der Waals surface area contributed by atoms with Crippen molar-refractivity contribution >= 4 is 21.8 Å². The van der Waals surface area contributed by atoms with Gasteiger partial charge in [0.05, 0.1) is 6.04 Å². The van der Waals surface area contributed by atoms with Gasteiger partial charge < -0.3 is 10.1 Å². The summed E-state index contributed by atoms with van der Waals surface area (Å²) in [5, 5.41) is 3.09. The minimum atomic E-state index is -0.213. The molecule has 27 heavy (non-hydrogen) atoms. The number of aryl methyl sites for hydroxylation is 2. The van der Waals surface area contributed by atoms with Crippen molar-refractivity contribution in [1.82, 2.24) is 5.32 Å². The molecule has 0 aliphatic carbocycles. The van der Waals surface area contributed by atoms with E-state index in [-0.39, 0.29) is 18.6 Å². The highest BCUT2D eigenvalue weighted by atomic mass is 79.9. The molecule has 0 spiro atoms. The zero-order valence-corrected chi connectivity index (χ0v) is 17.0. The Morgan fingerprint density at radius 1 is 0.963 bits per heavy atom. The second-order valence-corrected chi connectivity index (χ2v) is 7.38. The van der Waals surface area contributed by atoms with Crippen LogP contribution in [0.15, 0.2) is 77.3 Å². The van der Waals surface area contributed by atoms with Crippen molar-refractivity contribution in [2.24, 2.45) is 0 Å². The van der Waals surface area contributed by atoms with Gasteiger partial charge in [0, 0.05) is 4.47 Å². The smallest absolute Gasteiger partial charge is 0.258 e. The van der Waals surface area contributed by atoms with Gasteiger partial charge in [-0.2, -0.15) is 0 Å². The zero-order valence-electron chi connectivity index (χ0n) is 15.4. The molecule has 0 aliphatic heterocycles. The standard InChI is InChI=1S/C23H22BrNO2/c1-16-8-10-19(11-9-16)23(18-6-4-3-5-7-18)25-22(26)15-27-20-12-13-21(24)17(2)14-20/h3-14,23H,15H2,1-2H3,(H,25,26)/t23-/m1/s1. The van der Waals surface area contributed by atoms with Crippen LogP contribution in [0.5, 0.6) is 5.75 Å². The molecule has 138 valence electrons. The van der Waals surface area contributed by atoms with Gasteiger partial charge in [-0.3, -0.25) is 4.79 Å². The monoisotopic (exact) mass is 423 g/mol. The summed E-state index contributed by atoms with van der Waals surface area (Å²) >= 11 is 3.46. The van der Waals surface area contributed by atoms with E-state index in [1.807, 2.05) is 74.5 Å². The average Bonchev–Trinajstić information content (AvgIpc) is 2.68. The van der Waals surface area contributed by atoms with Gasteiger partial charge in [-0.1, -0.05) is 76.1 Å². The molecule has 0 bridgehead atoms. The molecule has 0 unspecified atom stereocenters. The summed E-state index contributed by atoms with van der Waals surface area (Å²) in [6.45, 7) is 4.00. The van der Waals surface area contributed by atoms with Crippen LogP contribution in [0.2, 0.25) is 0 Å². The van der Waals surface area contributed by atoms with Crippen LogP contribution in [-0.2, 0) is 4.79 Å². The summed E-state index contributed by atoms with van der Waals surface area (Å²) in [5.74, 6) is 0.516. The van der Waals surface area contributed by atoms with Crippen LogP contribution >= 0.6 is 15.9 Å². The van der Waals surface area contributed by atoms with Crippen LogP contribution in [-0.4, -0.2) is 12.5 Å². The molecule has 1 amide bonds. The van der Waals surface area contributed by atoms with Crippen LogP contribution in [0, 0.1) is 13.8 Å². The lowest BCUT2D eigenvalue weighted by Gasteiger charge is -2.20. The molecule has 4 heteroatoms. The molecule has 3 aromatic carbocycles. The zero-order chi connectivity index (χ0) is 19.2. The number of amides is 1. The Hall–Kier alpha value is -2.59.